The van der Waals surface area contributed by atoms with Crippen molar-refractivity contribution in [3.8, 4) is 0 Å². The first-order valence-corrected chi connectivity index (χ1v) is 25.4. The van der Waals surface area contributed by atoms with Crippen LogP contribution < -0.4 is 0 Å². The average molecular weight is 807 g/mol. The van der Waals surface area contributed by atoms with Crippen molar-refractivity contribution in [1.29, 1.82) is 0 Å². The number of carbonyl (C=O) groups is 3. The van der Waals surface area contributed by atoms with Gasteiger partial charge in [0.1, 0.15) is 13.2 Å². The maximum Gasteiger partial charge on any atom is 0.306 e. The van der Waals surface area contributed by atoms with Crippen LogP contribution >= 0.6 is 0 Å². The largest absolute Gasteiger partial charge is 0.462 e. The van der Waals surface area contributed by atoms with E-state index in [2.05, 4.69) is 27.7 Å². The highest BCUT2D eigenvalue weighted by atomic mass is 16.6. The summed E-state index contributed by atoms with van der Waals surface area (Å²) in [5, 5.41) is 0. The lowest BCUT2D eigenvalue weighted by Crippen LogP contribution is -2.30. The molecule has 0 rings (SSSR count). The molecule has 0 aliphatic heterocycles. The molecule has 6 heteroatoms. The highest BCUT2D eigenvalue weighted by molar-refractivity contribution is 5.71. The minimum Gasteiger partial charge on any atom is -0.462 e. The Bertz CT molecular complexity index is 857. The lowest BCUT2D eigenvalue weighted by molar-refractivity contribution is -0.167. The van der Waals surface area contributed by atoms with Crippen molar-refractivity contribution >= 4 is 17.9 Å². The van der Waals surface area contributed by atoms with Crippen molar-refractivity contribution in [2.75, 3.05) is 13.2 Å². The van der Waals surface area contributed by atoms with Gasteiger partial charge in [-0.1, -0.05) is 246 Å². The van der Waals surface area contributed by atoms with E-state index in [4.69, 9.17) is 14.2 Å². The van der Waals surface area contributed by atoms with Crippen molar-refractivity contribution in [3.05, 3.63) is 0 Å². The second kappa shape index (κ2) is 45.5. The van der Waals surface area contributed by atoms with Crippen LogP contribution in [0.4, 0.5) is 0 Å². The van der Waals surface area contributed by atoms with Gasteiger partial charge in [0, 0.05) is 19.3 Å². The molecule has 0 aromatic carbocycles. The number of esters is 3. The molecule has 0 N–H and O–H groups in total. The third-order valence-electron chi connectivity index (χ3n) is 11.5. The zero-order chi connectivity index (χ0) is 41.7. The van der Waals surface area contributed by atoms with Crippen LogP contribution in [-0.4, -0.2) is 37.2 Å². The van der Waals surface area contributed by atoms with E-state index in [1.54, 1.807) is 0 Å². The zero-order valence-corrected chi connectivity index (χ0v) is 38.8. The van der Waals surface area contributed by atoms with Gasteiger partial charge < -0.3 is 14.2 Å². The third-order valence-corrected chi connectivity index (χ3v) is 11.5. The monoisotopic (exact) mass is 807 g/mol. The van der Waals surface area contributed by atoms with Crippen LogP contribution in [0.15, 0.2) is 0 Å². The zero-order valence-electron chi connectivity index (χ0n) is 38.8. The van der Waals surface area contributed by atoms with Crippen molar-refractivity contribution in [1.82, 2.24) is 0 Å². The Hall–Kier alpha value is -1.59. The summed E-state index contributed by atoms with van der Waals surface area (Å²) in [7, 11) is 0. The van der Waals surface area contributed by atoms with E-state index in [9.17, 15) is 14.4 Å². The molecule has 0 saturated carbocycles. The fourth-order valence-corrected chi connectivity index (χ4v) is 7.69. The van der Waals surface area contributed by atoms with E-state index >= 15 is 0 Å². The third kappa shape index (κ3) is 45.3. The number of unbranched alkanes of at least 4 members (excludes halogenated alkanes) is 33. The van der Waals surface area contributed by atoms with Crippen molar-refractivity contribution < 1.29 is 28.6 Å². The summed E-state index contributed by atoms with van der Waals surface area (Å²) in [6.07, 6.45) is 46.6. The maximum atomic E-state index is 12.8. The first-order chi connectivity index (χ1) is 27.9. The molecule has 338 valence electrons. The number of ether oxygens (including phenoxy) is 3. The van der Waals surface area contributed by atoms with Crippen molar-refractivity contribution in [2.24, 2.45) is 5.92 Å². The molecule has 0 unspecified atom stereocenters. The summed E-state index contributed by atoms with van der Waals surface area (Å²) in [5.74, 6) is -0.0507. The molecule has 0 saturated heterocycles. The normalized spacial score (nSPS) is 11.9. The van der Waals surface area contributed by atoms with Gasteiger partial charge in [0.2, 0.25) is 0 Å². The smallest absolute Gasteiger partial charge is 0.306 e. The highest BCUT2D eigenvalue weighted by Gasteiger charge is 2.19. The number of carbonyl (C=O) groups excluding carboxylic acids is 3. The molecule has 6 nitrogen and oxygen atoms in total. The second-order valence-corrected chi connectivity index (χ2v) is 17.9. The van der Waals surface area contributed by atoms with Crippen LogP contribution in [0.2, 0.25) is 0 Å². The van der Waals surface area contributed by atoms with Gasteiger partial charge >= 0.3 is 17.9 Å². The fourth-order valence-electron chi connectivity index (χ4n) is 7.69. The Balaban J connectivity index is 4.30. The molecule has 0 bridgehead atoms. The average Bonchev–Trinajstić information content (AvgIpc) is 3.19. The molecule has 0 spiro atoms. The van der Waals surface area contributed by atoms with E-state index in [-0.39, 0.29) is 31.1 Å². The van der Waals surface area contributed by atoms with Crippen LogP contribution in [0.1, 0.15) is 285 Å². The molecule has 0 aromatic rings. The lowest BCUT2D eigenvalue weighted by Gasteiger charge is -2.18. The minimum atomic E-state index is -0.760. The summed E-state index contributed by atoms with van der Waals surface area (Å²) in [6, 6.07) is 0. The number of rotatable bonds is 46. The SMILES string of the molecule is CCCCCCCCCCCCCCCCCC(=O)OC[C@@H](COC(=O)CCCCCCCCCCC(C)C)OC(=O)CCCCCCCCCCCCCCC. The first-order valence-electron chi connectivity index (χ1n) is 25.4. The van der Waals surface area contributed by atoms with Crippen molar-refractivity contribution in [2.45, 2.75) is 291 Å². The summed E-state index contributed by atoms with van der Waals surface area (Å²) in [5.41, 5.74) is 0. The van der Waals surface area contributed by atoms with E-state index < -0.39 is 6.10 Å². The maximum absolute atomic E-state index is 12.8. The molecule has 0 radical (unpaired) electrons. The summed E-state index contributed by atoms with van der Waals surface area (Å²) < 4.78 is 16.8. The van der Waals surface area contributed by atoms with Crippen LogP contribution in [0, 0.1) is 5.92 Å². The molecule has 0 heterocycles. The summed E-state index contributed by atoms with van der Waals surface area (Å²) in [6.45, 7) is 8.99. The predicted octanol–water partition coefficient (Wildman–Crippen LogP) is 16.3. The number of hydrogen-bond donors (Lipinski definition) is 0. The Kier molecular flexibility index (Phi) is 44.2. The topological polar surface area (TPSA) is 78.9 Å². The van der Waals surface area contributed by atoms with Crippen LogP contribution in [-0.2, 0) is 28.6 Å². The molecule has 0 aromatic heterocycles. The molecule has 57 heavy (non-hydrogen) atoms. The molecule has 0 amide bonds. The highest BCUT2D eigenvalue weighted by Crippen LogP contribution is 2.17. The van der Waals surface area contributed by atoms with Gasteiger partial charge in [-0.15, -0.1) is 0 Å². The summed E-state index contributed by atoms with van der Waals surface area (Å²) in [4.78, 5) is 37.9. The van der Waals surface area contributed by atoms with Crippen LogP contribution in [0.5, 0.6) is 0 Å². The van der Waals surface area contributed by atoms with Gasteiger partial charge in [0.05, 0.1) is 0 Å². The van der Waals surface area contributed by atoms with Crippen LogP contribution in [0.3, 0.4) is 0 Å². The molecular formula is C51H98O6. The number of hydrogen-bond acceptors (Lipinski definition) is 6. The Morgan fingerprint density at radius 2 is 0.579 bits per heavy atom. The predicted molar refractivity (Wildman–Crippen MR) is 243 cm³/mol. The van der Waals surface area contributed by atoms with Crippen LogP contribution in [0.25, 0.3) is 0 Å². The van der Waals surface area contributed by atoms with E-state index in [0.29, 0.717) is 19.3 Å². The van der Waals surface area contributed by atoms with Gasteiger partial charge in [0.15, 0.2) is 6.10 Å². The van der Waals surface area contributed by atoms with Gasteiger partial charge in [-0.2, -0.15) is 0 Å². The molecule has 0 aliphatic rings. The molecule has 1 atom stereocenters. The quantitative estimate of drug-likeness (QED) is 0.0346. The molecule has 0 fully saturated rings. The Morgan fingerprint density at radius 1 is 0.333 bits per heavy atom. The van der Waals surface area contributed by atoms with E-state index in [1.807, 2.05) is 0 Å². The minimum absolute atomic E-state index is 0.0631. The first kappa shape index (κ1) is 55.4. The van der Waals surface area contributed by atoms with E-state index in [1.165, 1.54) is 180 Å². The van der Waals surface area contributed by atoms with Gasteiger partial charge in [-0.25, -0.2) is 0 Å². The summed E-state index contributed by atoms with van der Waals surface area (Å²) >= 11 is 0. The standard InChI is InChI=1S/C51H98O6/c1-5-7-9-11-13-15-17-19-20-22-23-25-30-34-38-42-49(52)55-45-48(46-56-50(53)43-39-35-31-28-27-29-33-37-41-47(3)4)57-51(54)44-40-36-32-26-24-21-18-16-14-12-10-8-6-2/h47-48H,5-46H2,1-4H3/t48-/m0/s1. The lowest BCUT2D eigenvalue weighted by atomic mass is 10.0. The van der Waals surface area contributed by atoms with Gasteiger partial charge in [-0.3, -0.25) is 14.4 Å². The Morgan fingerprint density at radius 3 is 0.860 bits per heavy atom. The molecule has 0 aliphatic carbocycles. The van der Waals surface area contributed by atoms with Crippen molar-refractivity contribution in [3.63, 3.8) is 0 Å². The van der Waals surface area contributed by atoms with Gasteiger partial charge in [0.25, 0.3) is 0 Å². The second-order valence-electron chi connectivity index (χ2n) is 17.9. The van der Waals surface area contributed by atoms with E-state index in [0.717, 1.165) is 63.7 Å². The molecular weight excluding hydrogens is 709 g/mol. The fraction of sp³-hybridized carbons (Fsp3) is 0.941. The Labute approximate surface area is 355 Å². The van der Waals surface area contributed by atoms with Gasteiger partial charge in [-0.05, 0) is 25.2 Å².